The first-order valence-corrected chi connectivity index (χ1v) is 7.21. The molecule has 0 saturated carbocycles. The summed E-state index contributed by atoms with van der Waals surface area (Å²) in [4.78, 5) is 23.9. The Balaban J connectivity index is 1.74. The Morgan fingerprint density at radius 1 is 1.36 bits per heavy atom. The normalized spacial score (nSPS) is 19.8. The van der Waals surface area contributed by atoms with Crippen molar-refractivity contribution in [1.82, 2.24) is 14.9 Å². The smallest absolute Gasteiger partial charge is 0.309 e. The molecule has 0 aliphatic carbocycles. The lowest BCUT2D eigenvalue weighted by molar-refractivity contribution is -0.141. The van der Waals surface area contributed by atoms with E-state index in [1.165, 1.54) is 0 Å². The van der Waals surface area contributed by atoms with Gasteiger partial charge in [-0.05, 0) is 12.1 Å². The van der Waals surface area contributed by atoms with Gasteiger partial charge in [-0.25, -0.2) is 4.98 Å². The predicted octanol–water partition coefficient (Wildman–Crippen LogP) is 1.09. The van der Waals surface area contributed by atoms with Crippen molar-refractivity contribution in [2.45, 2.75) is 6.54 Å². The Morgan fingerprint density at radius 2 is 2.27 bits per heavy atom. The minimum atomic E-state index is -0.791. The number of nitrogens with zero attached hydrogens (tertiary/aromatic N) is 4. The number of carboxylic acid groups (broad SMARTS) is 1. The van der Waals surface area contributed by atoms with Gasteiger partial charge in [0.15, 0.2) is 0 Å². The van der Waals surface area contributed by atoms with E-state index in [1.807, 2.05) is 17.0 Å². The van der Waals surface area contributed by atoms with Crippen LogP contribution in [0.1, 0.15) is 5.76 Å². The first kappa shape index (κ1) is 14.5. The number of aromatic nitrogens is 2. The highest BCUT2D eigenvalue weighted by Gasteiger charge is 2.28. The van der Waals surface area contributed by atoms with Crippen molar-refractivity contribution >= 4 is 11.8 Å². The lowest BCUT2D eigenvalue weighted by atomic mass is 10.1. The van der Waals surface area contributed by atoms with Crippen LogP contribution >= 0.6 is 0 Å². The molecule has 2 aromatic heterocycles. The number of anilines is 1. The highest BCUT2D eigenvalue weighted by molar-refractivity contribution is 5.71. The van der Waals surface area contributed by atoms with E-state index in [-0.39, 0.29) is 0 Å². The Morgan fingerprint density at radius 3 is 2.95 bits per heavy atom. The Hall–Kier alpha value is -2.41. The fraction of sp³-hybridized carbons (Fsp3) is 0.400. The molecule has 3 rings (SSSR count). The number of carbonyl (C=O) groups is 1. The van der Waals surface area contributed by atoms with Gasteiger partial charge in [-0.1, -0.05) is 0 Å². The molecule has 0 bridgehead atoms. The molecule has 1 N–H and O–H groups in total. The summed E-state index contributed by atoms with van der Waals surface area (Å²) in [5, 5.41) is 9.46. The van der Waals surface area contributed by atoms with E-state index in [4.69, 9.17) is 4.42 Å². The number of furan rings is 1. The molecule has 1 atom stereocenters. The maximum absolute atomic E-state index is 11.5. The lowest BCUT2D eigenvalue weighted by Gasteiger charge is -2.22. The van der Waals surface area contributed by atoms with Crippen molar-refractivity contribution in [2.75, 3.05) is 31.1 Å². The summed E-state index contributed by atoms with van der Waals surface area (Å²) < 4.78 is 5.36. The highest BCUT2D eigenvalue weighted by Crippen LogP contribution is 2.17. The summed E-state index contributed by atoms with van der Waals surface area (Å²) in [7, 11) is 0. The van der Waals surface area contributed by atoms with Crippen LogP contribution in [0.4, 0.5) is 5.82 Å². The van der Waals surface area contributed by atoms with Crippen LogP contribution in [0.3, 0.4) is 0 Å². The maximum atomic E-state index is 11.5. The third-order valence-electron chi connectivity index (χ3n) is 3.79. The molecule has 2 aromatic rings. The van der Waals surface area contributed by atoms with Gasteiger partial charge in [-0.3, -0.25) is 14.7 Å². The average Bonchev–Trinajstić information content (AvgIpc) is 2.93. The van der Waals surface area contributed by atoms with Gasteiger partial charge in [0.2, 0.25) is 0 Å². The average molecular weight is 302 g/mol. The lowest BCUT2D eigenvalue weighted by Crippen LogP contribution is -2.34. The maximum Gasteiger partial charge on any atom is 0.309 e. The molecule has 116 valence electrons. The van der Waals surface area contributed by atoms with Crippen molar-refractivity contribution < 1.29 is 14.3 Å². The molecule has 1 saturated heterocycles. The van der Waals surface area contributed by atoms with Crippen molar-refractivity contribution in [3.8, 4) is 0 Å². The molecule has 0 radical (unpaired) electrons. The third-order valence-corrected chi connectivity index (χ3v) is 3.79. The van der Waals surface area contributed by atoms with Crippen LogP contribution in [0.25, 0.3) is 0 Å². The zero-order chi connectivity index (χ0) is 15.4. The van der Waals surface area contributed by atoms with E-state index in [0.29, 0.717) is 32.0 Å². The van der Waals surface area contributed by atoms with Crippen LogP contribution in [0.2, 0.25) is 0 Å². The monoisotopic (exact) mass is 302 g/mol. The largest absolute Gasteiger partial charge is 0.481 e. The zero-order valence-corrected chi connectivity index (χ0v) is 12.1. The van der Waals surface area contributed by atoms with Gasteiger partial charge < -0.3 is 14.4 Å². The van der Waals surface area contributed by atoms with Gasteiger partial charge in [-0.2, -0.15) is 0 Å². The molecule has 0 spiro atoms. The second kappa shape index (κ2) is 6.57. The van der Waals surface area contributed by atoms with Gasteiger partial charge in [-0.15, -0.1) is 0 Å². The van der Waals surface area contributed by atoms with Crippen LogP contribution in [0.15, 0.2) is 41.4 Å². The van der Waals surface area contributed by atoms with Crippen LogP contribution < -0.4 is 4.90 Å². The van der Waals surface area contributed by atoms with Crippen LogP contribution in [-0.2, 0) is 11.3 Å². The Bertz CT molecular complexity index is 603. The summed E-state index contributed by atoms with van der Waals surface area (Å²) in [6.07, 6.45) is 6.53. The first-order valence-electron chi connectivity index (χ1n) is 7.21. The van der Waals surface area contributed by atoms with Gasteiger partial charge in [0.25, 0.3) is 0 Å². The van der Waals surface area contributed by atoms with Gasteiger partial charge in [0.05, 0.1) is 24.9 Å². The minimum absolute atomic E-state index is 0.433. The second-order valence-corrected chi connectivity index (χ2v) is 5.36. The van der Waals surface area contributed by atoms with E-state index in [1.54, 1.807) is 24.9 Å². The number of carboxylic acids is 1. The Kier molecular flexibility index (Phi) is 4.34. The molecule has 1 aliphatic rings. The second-order valence-electron chi connectivity index (χ2n) is 5.36. The molecule has 3 heterocycles. The quantitative estimate of drug-likeness (QED) is 0.905. The van der Waals surface area contributed by atoms with E-state index in [0.717, 1.165) is 12.3 Å². The van der Waals surface area contributed by atoms with Gasteiger partial charge >= 0.3 is 5.97 Å². The number of hydrogen-bond donors (Lipinski definition) is 1. The standard InChI is InChI=1S/C15H18N4O3/c20-15(21)12-9-18(11-13-2-1-7-22-13)5-6-19(10-12)14-8-16-3-4-17-14/h1-4,7-8,12H,5-6,9-11H2,(H,20,21)/t12-/m1/s1. The summed E-state index contributed by atoms with van der Waals surface area (Å²) >= 11 is 0. The summed E-state index contributed by atoms with van der Waals surface area (Å²) in [5.41, 5.74) is 0. The SMILES string of the molecule is O=C(O)[C@@H]1CN(Cc2ccco2)CCN(c2cnccn2)C1. The highest BCUT2D eigenvalue weighted by atomic mass is 16.4. The van der Waals surface area contributed by atoms with Crippen molar-refractivity contribution in [1.29, 1.82) is 0 Å². The van der Waals surface area contributed by atoms with E-state index in [2.05, 4.69) is 14.9 Å². The zero-order valence-electron chi connectivity index (χ0n) is 12.1. The summed E-state index contributed by atoms with van der Waals surface area (Å²) in [6, 6.07) is 3.74. The molecule has 0 amide bonds. The van der Waals surface area contributed by atoms with E-state index < -0.39 is 11.9 Å². The van der Waals surface area contributed by atoms with Gasteiger partial charge in [0.1, 0.15) is 11.6 Å². The first-order chi connectivity index (χ1) is 10.7. The molecule has 1 fully saturated rings. The minimum Gasteiger partial charge on any atom is -0.481 e. The van der Waals surface area contributed by atoms with Crippen LogP contribution in [0, 0.1) is 5.92 Å². The van der Waals surface area contributed by atoms with Crippen molar-refractivity contribution in [3.05, 3.63) is 42.7 Å². The predicted molar refractivity (Wildman–Crippen MR) is 79.4 cm³/mol. The van der Waals surface area contributed by atoms with E-state index in [9.17, 15) is 9.90 Å². The van der Waals surface area contributed by atoms with Crippen molar-refractivity contribution in [3.63, 3.8) is 0 Å². The molecule has 22 heavy (non-hydrogen) atoms. The molecule has 0 unspecified atom stereocenters. The number of rotatable bonds is 4. The number of aliphatic carboxylic acids is 1. The fourth-order valence-corrected chi connectivity index (χ4v) is 2.67. The van der Waals surface area contributed by atoms with Gasteiger partial charge in [0, 0.05) is 38.6 Å². The summed E-state index contributed by atoms with van der Waals surface area (Å²) in [5.74, 6) is 0.297. The summed E-state index contributed by atoms with van der Waals surface area (Å²) in [6.45, 7) is 3.00. The third kappa shape index (κ3) is 3.43. The Labute approximate surface area is 128 Å². The molecule has 0 aromatic carbocycles. The van der Waals surface area contributed by atoms with E-state index >= 15 is 0 Å². The van der Waals surface area contributed by atoms with Crippen LogP contribution in [0.5, 0.6) is 0 Å². The molecular weight excluding hydrogens is 284 g/mol. The fourth-order valence-electron chi connectivity index (χ4n) is 2.67. The van der Waals surface area contributed by atoms with Crippen molar-refractivity contribution in [2.24, 2.45) is 5.92 Å². The molecular formula is C15H18N4O3. The molecule has 7 nitrogen and oxygen atoms in total. The topological polar surface area (TPSA) is 82.7 Å². The van der Waals surface area contributed by atoms with Crippen LogP contribution in [-0.4, -0.2) is 52.1 Å². The molecule has 7 heteroatoms. The molecule has 1 aliphatic heterocycles. The number of hydrogen-bond acceptors (Lipinski definition) is 6.